The Balaban J connectivity index is 1.48. The summed E-state index contributed by atoms with van der Waals surface area (Å²) in [7, 11) is 0. The molecule has 2 fully saturated rings. The third kappa shape index (κ3) is 3.03. The molecule has 0 saturated carbocycles. The van der Waals surface area contributed by atoms with E-state index in [0.717, 1.165) is 56.6 Å². The van der Waals surface area contributed by atoms with Gasteiger partial charge >= 0.3 is 0 Å². The Morgan fingerprint density at radius 2 is 2.04 bits per heavy atom. The van der Waals surface area contributed by atoms with Crippen LogP contribution in [0.3, 0.4) is 0 Å². The third-order valence-corrected chi connectivity index (χ3v) is 5.06. The van der Waals surface area contributed by atoms with E-state index in [-0.39, 0.29) is 0 Å². The van der Waals surface area contributed by atoms with Crippen molar-refractivity contribution in [1.29, 1.82) is 0 Å². The van der Waals surface area contributed by atoms with E-state index >= 15 is 0 Å². The van der Waals surface area contributed by atoms with Gasteiger partial charge in [-0.3, -0.25) is 4.90 Å². The summed E-state index contributed by atoms with van der Waals surface area (Å²) in [6, 6.07) is 6.28. The third-order valence-electron chi connectivity index (χ3n) is 5.06. The van der Waals surface area contributed by atoms with Gasteiger partial charge in [-0.1, -0.05) is 12.1 Å². The van der Waals surface area contributed by atoms with Gasteiger partial charge in [0.25, 0.3) is 0 Å². The second-order valence-electron chi connectivity index (χ2n) is 6.68. The average Bonchev–Trinajstić information content (AvgIpc) is 3.08. The Morgan fingerprint density at radius 3 is 2.83 bits per heavy atom. The van der Waals surface area contributed by atoms with Crippen LogP contribution in [0, 0.1) is 12.8 Å². The molecule has 4 rings (SSSR count). The number of benzene rings is 1. The predicted molar refractivity (Wildman–Crippen MR) is 91.9 cm³/mol. The van der Waals surface area contributed by atoms with Crippen molar-refractivity contribution in [2.24, 2.45) is 5.92 Å². The highest BCUT2D eigenvalue weighted by atomic mass is 16.5. The zero-order valence-electron chi connectivity index (χ0n) is 13.7. The van der Waals surface area contributed by atoms with Gasteiger partial charge in [0.2, 0.25) is 0 Å². The first-order valence-electron chi connectivity index (χ1n) is 8.56. The molecule has 2 aromatic rings. The standard InChI is InChI=1S/C18H24N4O/c1-14-3-2-4-16-17(14)18(20-13-19-16)22-8-6-21(7-9-22)11-15-5-10-23-12-15/h2-4,13,15H,5-12H2,1H3. The van der Waals surface area contributed by atoms with Crippen molar-refractivity contribution in [2.45, 2.75) is 13.3 Å². The molecule has 1 unspecified atom stereocenters. The summed E-state index contributed by atoms with van der Waals surface area (Å²) >= 11 is 0. The van der Waals surface area contributed by atoms with Gasteiger partial charge in [0.1, 0.15) is 12.1 Å². The minimum Gasteiger partial charge on any atom is -0.381 e. The number of anilines is 1. The van der Waals surface area contributed by atoms with Crippen molar-refractivity contribution in [1.82, 2.24) is 14.9 Å². The monoisotopic (exact) mass is 312 g/mol. The summed E-state index contributed by atoms with van der Waals surface area (Å²) in [5, 5.41) is 1.20. The van der Waals surface area contributed by atoms with E-state index in [1.54, 1.807) is 6.33 Å². The molecule has 1 aromatic carbocycles. The van der Waals surface area contributed by atoms with E-state index in [9.17, 15) is 0 Å². The lowest BCUT2D eigenvalue weighted by atomic mass is 10.1. The summed E-state index contributed by atoms with van der Waals surface area (Å²) in [6.45, 7) is 9.49. The molecule has 122 valence electrons. The maximum Gasteiger partial charge on any atom is 0.140 e. The zero-order chi connectivity index (χ0) is 15.6. The fourth-order valence-corrected chi connectivity index (χ4v) is 3.74. The van der Waals surface area contributed by atoms with Crippen LogP contribution in [0.25, 0.3) is 10.9 Å². The Bertz CT molecular complexity index is 671. The molecule has 5 nitrogen and oxygen atoms in total. The lowest BCUT2D eigenvalue weighted by Crippen LogP contribution is -2.48. The lowest BCUT2D eigenvalue weighted by Gasteiger charge is -2.36. The van der Waals surface area contributed by atoms with Crippen molar-refractivity contribution in [2.75, 3.05) is 50.8 Å². The van der Waals surface area contributed by atoms with Gasteiger partial charge < -0.3 is 9.64 Å². The molecule has 0 spiro atoms. The molecule has 23 heavy (non-hydrogen) atoms. The maximum atomic E-state index is 5.50. The largest absolute Gasteiger partial charge is 0.381 e. The van der Waals surface area contributed by atoms with Crippen LogP contribution in [0.2, 0.25) is 0 Å². The molecule has 0 amide bonds. The first-order valence-corrected chi connectivity index (χ1v) is 8.56. The number of rotatable bonds is 3. The molecular formula is C18H24N4O. The number of hydrogen-bond acceptors (Lipinski definition) is 5. The zero-order valence-corrected chi connectivity index (χ0v) is 13.7. The number of aryl methyl sites for hydroxylation is 1. The summed E-state index contributed by atoms with van der Waals surface area (Å²) in [4.78, 5) is 14.0. The first-order chi connectivity index (χ1) is 11.3. The van der Waals surface area contributed by atoms with Crippen molar-refractivity contribution >= 4 is 16.7 Å². The van der Waals surface area contributed by atoms with Gasteiger partial charge in [0.05, 0.1) is 12.1 Å². The maximum absolute atomic E-state index is 5.50. The lowest BCUT2D eigenvalue weighted by molar-refractivity contribution is 0.164. The summed E-state index contributed by atoms with van der Waals surface area (Å²) in [6.07, 6.45) is 2.91. The molecule has 1 aromatic heterocycles. The van der Waals surface area contributed by atoms with Crippen LogP contribution in [-0.2, 0) is 4.74 Å². The molecule has 3 heterocycles. The highest BCUT2D eigenvalue weighted by Crippen LogP contribution is 2.27. The molecular weight excluding hydrogens is 288 g/mol. The number of fused-ring (bicyclic) bond motifs is 1. The van der Waals surface area contributed by atoms with Crippen LogP contribution in [-0.4, -0.2) is 60.8 Å². The summed E-state index contributed by atoms with van der Waals surface area (Å²) in [5.41, 5.74) is 2.30. The Kier molecular flexibility index (Phi) is 4.14. The topological polar surface area (TPSA) is 41.5 Å². The van der Waals surface area contributed by atoms with Crippen LogP contribution in [0.4, 0.5) is 5.82 Å². The summed E-state index contributed by atoms with van der Waals surface area (Å²) < 4.78 is 5.50. The first kappa shape index (κ1) is 14.8. The van der Waals surface area contributed by atoms with Crippen LogP contribution in [0.1, 0.15) is 12.0 Å². The van der Waals surface area contributed by atoms with Crippen molar-refractivity contribution in [3.05, 3.63) is 30.1 Å². The van der Waals surface area contributed by atoms with E-state index in [2.05, 4.69) is 44.9 Å². The minimum atomic E-state index is 0.726. The second-order valence-corrected chi connectivity index (χ2v) is 6.68. The van der Waals surface area contributed by atoms with E-state index in [1.165, 1.54) is 23.9 Å². The molecule has 2 saturated heterocycles. The van der Waals surface area contributed by atoms with Crippen LogP contribution in [0.15, 0.2) is 24.5 Å². The molecule has 5 heteroatoms. The quantitative estimate of drug-likeness (QED) is 0.868. The highest BCUT2D eigenvalue weighted by Gasteiger charge is 2.24. The van der Waals surface area contributed by atoms with Gasteiger partial charge in [0, 0.05) is 44.7 Å². The fraction of sp³-hybridized carbons (Fsp3) is 0.556. The van der Waals surface area contributed by atoms with Gasteiger partial charge in [-0.25, -0.2) is 9.97 Å². The van der Waals surface area contributed by atoms with Gasteiger partial charge in [-0.05, 0) is 30.9 Å². The van der Waals surface area contributed by atoms with Gasteiger partial charge in [0.15, 0.2) is 0 Å². The number of piperazine rings is 1. The molecule has 2 aliphatic heterocycles. The number of aromatic nitrogens is 2. The molecule has 0 aliphatic carbocycles. The van der Waals surface area contributed by atoms with E-state index in [1.807, 2.05) is 0 Å². The second kappa shape index (κ2) is 6.42. The number of hydrogen-bond donors (Lipinski definition) is 0. The summed E-state index contributed by atoms with van der Waals surface area (Å²) in [5.74, 6) is 1.82. The van der Waals surface area contributed by atoms with Crippen molar-refractivity contribution in [3.63, 3.8) is 0 Å². The highest BCUT2D eigenvalue weighted by molar-refractivity contribution is 5.92. The van der Waals surface area contributed by atoms with Gasteiger partial charge in [-0.2, -0.15) is 0 Å². The van der Waals surface area contributed by atoms with Crippen molar-refractivity contribution in [3.8, 4) is 0 Å². The minimum absolute atomic E-state index is 0.726. The smallest absolute Gasteiger partial charge is 0.140 e. The van der Waals surface area contributed by atoms with E-state index < -0.39 is 0 Å². The van der Waals surface area contributed by atoms with Crippen LogP contribution < -0.4 is 4.90 Å². The average molecular weight is 312 g/mol. The normalized spacial score (nSPS) is 22.8. The van der Waals surface area contributed by atoms with E-state index in [4.69, 9.17) is 4.74 Å². The predicted octanol–water partition coefficient (Wildman–Crippen LogP) is 2.10. The molecule has 1 atom stereocenters. The van der Waals surface area contributed by atoms with Gasteiger partial charge in [-0.15, -0.1) is 0 Å². The Morgan fingerprint density at radius 1 is 1.17 bits per heavy atom. The number of nitrogens with zero attached hydrogens (tertiary/aromatic N) is 4. The molecule has 0 N–H and O–H groups in total. The fourth-order valence-electron chi connectivity index (χ4n) is 3.74. The van der Waals surface area contributed by atoms with Crippen LogP contribution in [0.5, 0.6) is 0 Å². The SMILES string of the molecule is Cc1cccc2ncnc(N3CCN(CC4CCOC4)CC3)c12. The molecule has 0 radical (unpaired) electrons. The van der Waals surface area contributed by atoms with Crippen molar-refractivity contribution < 1.29 is 4.74 Å². The Labute approximate surface area is 137 Å². The molecule has 0 bridgehead atoms. The van der Waals surface area contributed by atoms with Crippen LogP contribution >= 0.6 is 0 Å². The van der Waals surface area contributed by atoms with E-state index in [0.29, 0.717) is 0 Å². The Hall–Kier alpha value is -1.72. The molecule has 2 aliphatic rings. The number of ether oxygens (including phenoxy) is 1.